The van der Waals surface area contributed by atoms with E-state index in [0.717, 1.165) is 6.42 Å². The van der Waals surface area contributed by atoms with Crippen molar-refractivity contribution in [3.63, 3.8) is 0 Å². The predicted molar refractivity (Wildman–Crippen MR) is 108 cm³/mol. The molecular formula is C25H29Cl3Ti. The molecule has 0 N–H and O–H groups in total. The van der Waals surface area contributed by atoms with Crippen LogP contribution in [-0.4, -0.2) is 0 Å². The quantitative estimate of drug-likeness (QED) is 0.433. The van der Waals surface area contributed by atoms with Crippen molar-refractivity contribution in [2.75, 3.05) is 0 Å². The fourth-order valence-corrected chi connectivity index (χ4v) is 6.43. The third kappa shape index (κ3) is 4.73. The van der Waals surface area contributed by atoms with E-state index in [-0.39, 0.29) is 51.8 Å². The largest absolute Gasteiger partial charge is 1.00 e. The van der Waals surface area contributed by atoms with E-state index in [1.807, 2.05) is 0 Å². The zero-order valence-electron chi connectivity index (χ0n) is 17.6. The minimum absolute atomic E-state index is 0. The molecule has 1 atom stereocenters. The van der Waals surface area contributed by atoms with E-state index in [4.69, 9.17) is 0 Å². The summed E-state index contributed by atoms with van der Waals surface area (Å²) in [7, 11) is 0. The minimum Gasteiger partial charge on any atom is -1.00 e. The number of hydrogen-bond donors (Lipinski definition) is 0. The van der Waals surface area contributed by atoms with Gasteiger partial charge in [-0.2, -0.15) is 0 Å². The minimum atomic E-state index is -0.142. The molecular weight excluding hydrogens is 455 g/mol. The Morgan fingerprint density at radius 2 is 1.24 bits per heavy atom. The molecule has 0 aromatic heterocycles. The van der Waals surface area contributed by atoms with Gasteiger partial charge in [-0.1, -0.05) is 0 Å². The fraction of sp³-hybridized carbons (Fsp3) is 0.360. The maximum atomic E-state index is 2.45. The molecule has 29 heavy (non-hydrogen) atoms. The van der Waals surface area contributed by atoms with Crippen molar-refractivity contribution in [3.8, 4) is 0 Å². The van der Waals surface area contributed by atoms with Gasteiger partial charge < -0.3 is 37.2 Å². The van der Waals surface area contributed by atoms with Gasteiger partial charge in [0.1, 0.15) is 0 Å². The molecule has 1 unspecified atom stereocenters. The average molecular weight is 484 g/mol. The molecule has 0 bridgehead atoms. The summed E-state index contributed by atoms with van der Waals surface area (Å²) in [5, 5.41) is 0. The van der Waals surface area contributed by atoms with Gasteiger partial charge in [0.05, 0.1) is 0 Å². The number of benzene rings is 2. The summed E-state index contributed by atoms with van der Waals surface area (Å²) in [6.07, 6.45) is 9.39. The molecule has 1 aliphatic carbocycles. The van der Waals surface area contributed by atoms with Gasteiger partial charge in [-0.15, -0.1) is 0 Å². The Morgan fingerprint density at radius 3 is 1.62 bits per heavy atom. The van der Waals surface area contributed by atoms with Crippen LogP contribution < -0.4 is 37.2 Å². The summed E-state index contributed by atoms with van der Waals surface area (Å²) < 4.78 is -0.0516. The van der Waals surface area contributed by atoms with Crippen LogP contribution in [0.25, 0.3) is 0 Å². The van der Waals surface area contributed by atoms with Crippen LogP contribution in [0.4, 0.5) is 0 Å². The van der Waals surface area contributed by atoms with Crippen molar-refractivity contribution in [1.29, 1.82) is 0 Å². The van der Waals surface area contributed by atoms with Gasteiger partial charge in [-0.3, -0.25) is 0 Å². The Hall–Kier alpha value is -0.496. The third-order valence-corrected chi connectivity index (χ3v) is 7.15. The van der Waals surface area contributed by atoms with Crippen molar-refractivity contribution in [2.24, 2.45) is 5.41 Å². The van der Waals surface area contributed by atoms with E-state index in [1.54, 1.807) is 5.57 Å². The van der Waals surface area contributed by atoms with Crippen molar-refractivity contribution in [2.45, 2.75) is 49.7 Å². The topological polar surface area (TPSA) is 0 Å². The van der Waals surface area contributed by atoms with Crippen LogP contribution in [0.3, 0.4) is 0 Å². The molecule has 0 spiro atoms. The molecule has 2 aromatic carbocycles. The van der Waals surface area contributed by atoms with Gasteiger partial charge in [0.2, 0.25) is 0 Å². The summed E-state index contributed by atoms with van der Waals surface area (Å²) >= 11 is 2.45. The van der Waals surface area contributed by atoms with Gasteiger partial charge >= 0.3 is 171 Å². The van der Waals surface area contributed by atoms with E-state index in [1.165, 1.54) is 17.5 Å². The van der Waals surface area contributed by atoms with Gasteiger partial charge in [0, 0.05) is 0 Å². The first kappa shape index (κ1) is 28.5. The summed E-state index contributed by atoms with van der Waals surface area (Å²) in [5.41, 5.74) is 4.23. The predicted octanol–water partition coefficient (Wildman–Crippen LogP) is -1.97. The van der Waals surface area contributed by atoms with Crippen LogP contribution in [0.5, 0.6) is 0 Å². The van der Waals surface area contributed by atoms with Crippen LogP contribution in [-0.2, 0) is 25.9 Å². The molecule has 3 rings (SSSR count). The van der Waals surface area contributed by atoms with E-state index < -0.39 is 0 Å². The first-order valence-corrected chi connectivity index (χ1v) is 10.4. The van der Waals surface area contributed by atoms with Gasteiger partial charge in [0.25, 0.3) is 0 Å². The SMILES string of the molecule is CCCC1=CC=C[C]1([Ti+3])C(c1ccccc1)(c1ccccc1)C(C)(C)C.[Cl-].[Cl-].[Cl-]. The Balaban J connectivity index is 0.00000261. The zero-order valence-corrected chi connectivity index (χ0v) is 21.4. The number of halogens is 3. The Bertz CT molecular complexity index is 767. The van der Waals surface area contributed by atoms with Crippen molar-refractivity contribution in [1.82, 2.24) is 0 Å². The second-order valence-corrected chi connectivity index (χ2v) is 9.57. The molecule has 0 fully saturated rings. The Labute approximate surface area is 207 Å². The first-order valence-electron chi connectivity index (χ1n) is 9.63. The van der Waals surface area contributed by atoms with E-state index in [0.29, 0.717) is 0 Å². The number of allylic oxidation sites excluding steroid dienone is 4. The standard InChI is InChI=1S/C25H29.3ClH.Ti/c1-5-13-20-14-12-19-23(20)25(24(2,3)4,21-15-8-6-9-16-21)22-17-10-7-11-18-22;;;;/h6-12,14-19H,5,13H2,1-4H3;3*1H;/q;;;;+3/p-3. The van der Waals surface area contributed by atoms with E-state index in [2.05, 4.69) is 127 Å². The molecule has 1 aliphatic rings. The first-order chi connectivity index (χ1) is 12.4. The molecule has 154 valence electrons. The van der Waals surface area contributed by atoms with Crippen molar-refractivity contribution >= 4 is 0 Å². The Morgan fingerprint density at radius 1 is 0.793 bits per heavy atom. The number of hydrogen-bond acceptors (Lipinski definition) is 0. The molecule has 0 amide bonds. The van der Waals surface area contributed by atoms with Gasteiger partial charge in [-0.05, 0) is 0 Å². The summed E-state index contributed by atoms with van der Waals surface area (Å²) in [5.74, 6) is 0. The van der Waals surface area contributed by atoms with E-state index >= 15 is 0 Å². The van der Waals surface area contributed by atoms with Crippen molar-refractivity contribution < 1.29 is 57.7 Å². The van der Waals surface area contributed by atoms with Crippen molar-refractivity contribution in [3.05, 3.63) is 95.6 Å². The maximum Gasteiger partial charge on any atom is -1.00 e. The number of rotatable bonds is 5. The zero-order chi connectivity index (χ0) is 18.8. The fourth-order valence-electron chi connectivity index (χ4n) is 4.92. The summed E-state index contributed by atoms with van der Waals surface area (Å²) in [6, 6.07) is 22.3. The smallest absolute Gasteiger partial charge is 1.00 e. The monoisotopic (exact) mass is 482 g/mol. The van der Waals surface area contributed by atoms with Gasteiger partial charge in [-0.25, -0.2) is 0 Å². The molecule has 0 heterocycles. The average Bonchev–Trinajstić information content (AvgIpc) is 2.98. The van der Waals surface area contributed by atoms with E-state index in [9.17, 15) is 0 Å². The molecule has 0 nitrogen and oxygen atoms in total. The van der Waals surface area contributed by atoms with Crippen LogP contribution in [0.15, 0.2) is 84.5 Å². The van der Waals surface area contributed by atoms with Crippen LogP contribution in [0.1, 0.15) is 51.7 Å². The Kier molecular flexibility index (Phi) is 11.0. The molecule has 0 aliphatic heterocycles. The molecule has 0 saturated carbocycles. The van der Waals surface area contributed by atoms with Gasteiger partial charge in [0.15, 0.2) is 0 Å². The second kappa shape index (κ2) is 11.2. The maximum absolute atomic E-state index is 2.45. The summed E-state index contributed by atoms with van der Waals surface area (Å²) in [6.45, 7) is 9.47. The molecule has 0 radical (unpaired) electrons. The van der Waals surface area contributed by atoms with Crippen LogP contribution in [0.2, 0.25) is 3.72 Å². The molecule has 4 heteroatoms. The third-order valence-electron chi connectivity index (χ3n) is 5.80. The normalized spacial score (nSPS) is 18.2. The second-order valence-electron chi connectivity index (χ2n) is 8.34. The van der Waals surface area contributed by atoms with Crippen LogP contribution >= 0.6 is 0 Å². The summed E-state index contributed by atoms with van der Waals surface area (Å²) in [4.78, 5) is 0. The molecule has 0 saturated heterocycles. The van der Waals surface area contributed by atoms with Crippen LogP contribution in [0, 0.1) is 5.41 Å². The molecule has 2 aromatic rings.